The van der Waals surface area contributed by atoms with Crippen molar-refractivity contribution < 1.29 is 26.7 Å². The molecule has 0 fully saturated rings. The van der Waals surface area contributed by atoms with Crippen LogP contribution in [0.2, 0.25) is 5.02 Å². The second-order valence-corrected chi connectivity index (χ2v) is 4.19. The minimum Gasteiger partial charge on any atom is -0.336 e. The molecule has 2 nitrogen and oxygen atoms in total. The van der Waals surface area contributed by atoms with E-state index in [1.807, 2.05) is 0 Å². The summed E-state index contributed by atoms with van der Waals surface area (Å²) in [6, 6.07) is 3.60. The number of alkyl halides is 4. The number of carbonyl (C=O) groups excluding carboxylic acids is 1. The summed E-state index contributed by atoms with van der Waals surface area (Å²) in [5.74, 6) is -7.72. The predicted octanol–water partition coefficient (Wildman–Crippen LogP) is 3.34. The first-order valence-corrected chi connectivity index (χ1v) is 5.40. The molecule has 0 aliphatic heterocycles. The Morgan fingerprint density at radius 1 is 1.42 bits per heavy atom. The normalized spacial score (nSPS) is 11.8. The van der Waals surface area contributed by atoms with Crippen LogP contribution >= 0.6 is 11.6 Å². The Balaban J connectivity index is 2.92. The standard InChI is InChI=1S/C11H9ClF5NO/c1-18(10(19)11(16,17)9(14)15)5-6-7(12)3-2-4-8(6)13/h2-4,9H,5H2,1H3. The number of carbonyl (C=O) groups is 1. The average molecular weight is 302 g/mol. The van der Waals surface area contributed by atoms with Crippen molar-refractivity contribution in [2.45, 2.75) is 18.9 Å². The summed E-state index contributed by atoms with van der Waals surface area (Å²) in [6.07, 6.45) is -4.13. The van der Waals surface area contributed by atoms with Gasteiger partial charge in [-0.2, -0.15) is 8.78 Å². The zero-order valence-corrected chi connectivity index (χ0v) is 10.4. The fraction of sp³-hybridized carbons (Fsp3) is 0.364. The lowest BCUT2D eigenvalue weighted by Gasteiger charge is -2.23. The van der Waals surface area contributed by atoms with E-state index in [4.69, 9.17) is 11.6 Å². The van der Waals surface area contributed by atoms with Crippen LogP contribution in [0.3, 0.4) is 0 Å². The van der Waals surface area contributed by atoms with Crippen LogP contribution in [0.5, 0.6) is 0 Å². The highest BCUT2D eigenvalue weighted by molar-refractivity contribution is 6.31. The Morgan fingerprint density at radius 3 is 2.47 bits per heavy atom. The molecule has 0 heterocycles. The van der Waals surface area contributed by atoms with E-state index in [2.05, 4.69) is 0 Å². The molecule has 1 aromatic rings. The Morgan fingerprint density at radius 2 is 2.00 bits per heavy atom. The van der Waals surface area contributed by atoms with Gasteiger partial charge in [-0.05, 0) is 12.1 Å². The number of amides is 1. The molecule has 0 N–H and O–H groups in total. The number of nitrogens with zero attached hydrogens (tertiary/aromatic N) is 1. The number of halogens is 6. The highest BCUT2D eigenvalue weighted by atomic mass is 35.5. The van der Waals surface area contributed by atoms with Gasteiger partial charge >= 0.3 is 12.3 Å². The third-order valence-corrected chi connectivity index (χ3v) is 2.72. The smallest absolute Gasteiger partial charge is 0.336 e. The summed E-state index contributed by atoms with van der Waals surface area (Å²) in [6.45, 7) is -0.632. The van der Waals surface area contributed by atoms with Crippen molar-refractivity contribution in [3.63, 3.8) is 0 Å². The van der Waals surface area contributed by atoms with Crippen LogP contribution in [-0.4, -0.2) is 30.2 Å². The van der Waals surface area contributed by atoms with Crippen molar-refractivity contribution in [2.24, 2.45) is 0 Å². The SMILES string of the molecule is CN(Cc1c(F)cccc1Cl)C(=O)C(F)(F)C(F)F. The molecule has 1 amide bonds. The van der Waals surface area contributed by atoms with Crippen LogP contribution in [0, 0.1) is 5.82 Å². The zero-order valence-electron chi connectivity index (χ0n) is 9.64. The monoisotopic (exact) mass is 301 g/mol. The van der Waals surface area contributed by atoms with Crippen molar-refractivity contribution in [1.29, 1.82) is 0 Å². The van der Waals surface area contributed by atoms with Gasteiger partial charge < -0.3 is 4.90 Å². The molecule has 0 aliphatic rings. The topological polar surface area (TPSA) is 20.3 Å². The Kier molecular flexibility index (Phi) is 4.73. The molecule has 0 aromatic heterocycles. The maximum absolute atomic E-state index is 13.4. The maximum atomic E-state index is 13.4. The van der Waals surface area contributed by atoms with Gasteiger partial charge in [0.2, 0.25) is 0 Å². The van der Waals surface area contributed by atoms with Crippen molar-refractivity contribution in [3.8, 4) is 0 Å². The minimum atomic E-state index is -4.81. The summed E-state index contributed by atoms with van der Waals surface area (Å²) < 4.78 is 63.1. The number of hydrogen-bond acceptors (Lipinski definition) is 1. The molecule has 8 heteroatoms. The molecule has 0 spiro atoms. The van der Waals surface area contributed by atoms with Gasteiger partial charge in [-0.15, -0.1) is 0 Å². The van der Waals surface area contributed by atoms with Gasteiger partial charge in [0.1, 0.15) is 5.82 Å². The fourth-order valence-electron chi connectivity index (χ4n) is 1.34. The summed E-state index contributed by atoms with van der Waals surface area (Å²) in [5, 5.41) is -0.0833. The molecule has 1 rings (SSSR count). The lowest BCUT2D eigenvalue weighted by molar-refractivity contribution is -0.179. The fourth-order valence-corrected chi connectivity index (χ4v) is 1.56. The Hall–Kier alpha value is -1.37. The summed E-state index contributed by atoms with van der Waals surface area (Å²) in [5.41, 5.74) is -0.218. The zero-order chi connectivity index (χ0) is 14.8. The van der Waals surface area contributed by atoms with E-state index in [1.54, 1.807) is 0 Å². The first kappa shape index (κ1) is 15.7. The van der Waals surface area contributed by atoms with E-state index in [0.29, 0.717) is 4.90 Å². The quantitative estimate of drug-likeness (QED) is 0.781. The van der Waals surface area contributed by atoms with Gasteiger partial charge in [0.25, 0.3) is 5.91 Å². The second-order valence-electron chi connectivity index (χ2n) is 3.79. The molecule has 106 valence electrons. The first-order valence-electron chi connectivity index (χ1n) is 5.02. The first-order chi connectivity index (χ1) is 8.67. The summed E-state index contributed by atoms with van der Waals surface area (Å²) in [4.78, 5) is 11.5. The highest BCUT2D eigenvalue weighted by Gasteiger charge is 2.50. The van der Waals surface area contributed by atoms with E-state index in [0.717, 1.165) is 13.1 Å². The molecule has 0 saturated carbocycles. The minimum absolute atomic E-state index is 0.0833. The average Bonchev–Trinajstić information content (AvgIpc) is 2.32. The molecule has 1 aromatic carbocycles. The molecule has 0 saturated heterocycles. The van der Waals surface area contributed by atoms with Crippen LogP contribution in [0.1, 0.15) is 5.56 Å². The van der Waals surface area contributed by atoms with Gasteiger partial charge in [0.15, 0.2) is 0 Å². The molecule has 0 aliphatic carbocycles. The number of rotatable bonds is 4. The Bertz CT molecular complexity index is 460. The van der Waals surface area contributed by atoms with Crippen molar-refractivity contribution in [3.05, 3.63) is 34.6 Å². The van der Waals surface area contributed by atoms with Gasteiger partial charge in [0.05, 0.1) is 0 Å². The van der Waals surface area contributed by atoms with Crippen molar-refractivity contribution in [1.82, 2.24) is 4.90 Å². The van der Waals surface area contributed by atoms with E-state index in [-0.39, 0.29) is 10.6 Å². The number of hydrogen-bond donors (Lipinski definition) is 0. The largest absolute Gasteiger partial charge is 0.383 e. The van der Waals surface area contributed by atoms with Crippen LogP contribution in [0.25, 0.3) is 0 Å². The van der Waals surface area contributed by atoms with E-state index in [9.17, 15) is 26.7 Å². The highest BCUT2D eigenvalue weighted by Crippen LogP contribution is 2.27. The van der Waals surface area contributed by atoms with Gasteiger partial charge in [0, 0.05) is 24.2 Å². The van der Waals surface area contributed by atoms with Gasteiger partial charge in [-0.3, -0.25) is 4.79 Å². The molecular formula is C11H9ClF5NO. The summed E-state index contributed by atoms with van der Waals surface area (Å²) >= 11 is 5.64. The van der Waals surface area contributed by atoms with Gasteiger partial charge in [-0.25, -0.2) is 13.2 Å². The van der Waals surface area contributed by atoms with Crippen LogP contribution < -0.4 is 0 Å². The van der Waals surface area contributed by atoms with Gasteiger partial charge in [-0.1, -0.05) is 17.7 Å². The number of benzene rings is 1. The molecule has 19 heavy (non-hydrogen) atoms. The van der Waals surface area contributed by atoms with E-state index < -0.39 is 30.6 Å². The molecule has 0 radical (unpaired) electrons. The molecule has 0 unspecified atom stereocenters. The van der Waals surface area contributed by atoms with E-state index >= 15 is 0 Å². The molecule has 0 atom stereocenters. The lowest BCUT2D eigenvalue weighted by atomic mass is 10.2. The van der Waals surface area contributed by atoms with Crippen LogP contribution in [0.4, 0.5) is 22.0 Å². The molecular weight excluding hydrogens is 293 g/mol. The Labute approximate surface area is 110 Å². The third kappa shape index (κ3) is 3.34. The van der Waals surface area contributed by atoms with Crippen molar-refractivity contribution >= 4 is 17.5 Å². The predicted molar refractivity (Wildman–Crippen MR) is 58.8 cm³/mol. The lowest BCUT2D eigenvalue weighted by Crippen LogP contribution is -2.45. The van der Waals surface area contributed by atoms with Crippen molar-refractivity contribution in [2.75, 3.05) is 7.05 Å². The molecule has 0 bridgehead atoms. The van der Waals surface area contributed by atoms with Crippen LogP contribution in [-0.2, 0) is 11.3 Å². The second kappa shape index (κ2) is 5.73. The third-order valence-electron chi connectivity index (χ3n) is 2.36. The van der Waals surface area contributed by atoms with E-state index in [1.165, 1.54) is 12.1 Å². The maximum Gasteiger partial charge on any atom is 0.383 e. The van der Waals surface area contributed by atoms with Crippen LogP contribution in [0.15, 0.2) is 18.2 Å². The summed E-state index contributed by atoms with van der Waals surface area (Å²) in [7, 11) is 0.862.